The third-order valence-electron chi connectivity index (χ3n) is 3.96. The standard InChI is InChI=1S/C19H16N6O2/c1-27-15-4-2-3-13(9-15)16-10-17(24-23-16)19(26)22-14-5-6-18(21-11-14)25-8-7-20-12-25/h2-12H,1H3,(H,22,26)(H,23,24). The van der Waals surface area contributed by atoms with Gasteiger partial charge in [-0.15, -0.1) is 0 Å². The second-order valence-electron chi connectivity index (χ2n) is 5.73. The molecule has 0 bridgehead atoms. The SMILES string of the molecule is COc1cccc(-c2cc(C(=O)Nc3ccc(-n4ccnc4)nc3)[nH]n2)c1. The number of pyridine rings is 1. The van der Waals surface area contributed by atoms with E-state index in [2.05, 4.69) is 25.5 Å². The maximum Gasteiger partial charge on any atom is 0.273 e. The van der Waals surface area contributed by atoms with Crippen molar-refractivity contribution in [1.29, 1.82) is 0 Å². The summed E-state index contributed by atoms with van der Waals surface area (Å²) >= 11 is 0. The highest BCUT2D eigenvalue weighted by Crippen LogP contribution is 2.23. The van der Waals surface area contributed by atoms with Gasteiger partial charge < -0.3 is 10.1 Å². The van der Waals surface area contributed by atoms with Gasteiger partial charge >= 0.3 is 0 Å². The molecule has 27 heavy (non-hydrogen) atoms. The van der Waals surface area contributed by atoms with Crippen LogP contribution in [0.3, 0.4) is 0 Å². The van der Waals surface area contributed by atoms with Gasteiger partial charge in [-0.1, -0.05) is 12.1 Å². The Morgan fingerprint density at radius 2 is 2.15 bits per heavy atom. The average molecular weight is 360 g/mol. The van der Waals surface area contributed by atoms with Gasteiger partial charge in [-0.05, 0) is 30.3 Å². The summed E-state index contributed by atoms with van der Waals surface area (Å²) in [6, 6.07) is 12.7. The summed E-state index contributed by atoms with van der Waals surface area (Å²) in [5.74, 6) is 1.15. The smallest absolute Gasteiger partial charge is 0.273 e. The van der Waals surface area contributed by atoms with Gasteiger partial charge in [0.05, 0.1) is 24.7 Å². The van der Waals surface area contributed by atoms with Crippen LogP contribution in [0.15, 0.2) is 67.4 Å². The zero-order valence-corrected chi connectivity index (χ0v) is 14.5. The lowest BCUT2D eigenvalue weighted by Gasteiger charge is -2.05. The van der Waals surface area contributed by atoms with Gasteiger partial charge in [0.1, 0.15) is 23.6 Å². The van der Waals surface area contributed by atoms with Crippen molar-refractivity contribution in [3.05, 3.63) is 73.1 Å². The Balaban J connectivity index is 1.48. The normalized spacial score (nSPS) is 10.6. The molecule has 134 valence electrons. The Hall–Kier alpha value is -3.94. The number of hydrogen-bond donors (Lipinski definition) is 2. The molecule has 1 aromatic carbocycles. The number of carbonyl (C=O) groups is 1. The number of benzene rings is 1. The summed E-state index contributed by atoms with van der Waals surface area (Å²) in [6.07, 6.45) is 6.72. The molecule has 4 aromatic rings. The number of methoxy groups -OCH3 is 1. The van der Waals surface area contributed by atoms with Crippen molar-refractivity contribution in [2.75, 3.05) is 12.4 Å². The van der Waals surface area contributed by atoms with Crippen LogP contribution in [0, 0.1) is 0 Å². The van der Waals surface area contributed by atoms with Crippen LogP contribution in [0.4, 0.5) is 5.69 Å². The molecule has 0 atom stereocenters. The lowest BCUT2D eigenvalue weighted by atomic mass is 10.1. The average Bonchev–Trinajstić information content (AvgIpc) is 3.41. The molecule has 0 unspecified atom stereocenters. The zero-order chi connectivity index (χ0) is 18.6. The first kappa shape index (κ1) is 16.5. The summed E-state index contributed by atoms with van der Waals surface area (Å²) in [6.45, 7) is 0. The molecule has 1 amide bonds. The monoisotopic (exact) mass is 360 g/mol. The summed E-state index contributed by atoms with van der Waals surface area (Å²) in [5, 5.41) is 9.76. The molecule has 0 aliphatic rings. The number of hydrogen-bond acceptors (Lipinski definition) is 5. The first-order valence-corrected chi connectivity index (χ1v) is 8.18. The van der Waals surface area contributed by atoms with E-state index in [4.69, 9.17) is 4.74 Å². The summed E-state index contributed by atoms with van der Waals surface area (Å²) in [4.78, 5) is 20.7. The number of nitrogens with zero attached hydrogens (tertiary/aromatic N) is 4. The summed E-state index contributed by atoms with van der Waals surface area (Å²) in [5.41, 5.74) is 2.46. The molecular weight excluding hydrogens is 344 g/mol. The van der Waals surface area contributed by atoms with Crippen LogP contribution in [0.25, 0.3) is 17.1 Å². The van der Waals surface area contributed by atoms with E-state index in [1.165, 1.54) is 0 Å². The predicted molar refractivity (Wildman–Crippen MR) is 99.9 cm³/mol. The molecule has 8 heteroatoms. The van der Waals surface area contributed by atoms with Crippen LogP contribution in [0.2, 0.25) is 0 Å². The first-order chi connectivity index (χ1) is 13.2. The van der Waals surface area contributed by atoms with Crippen molar-refractivity contribution < 1.29 is 9.53 Å². The molecule has 3 heterocycles. The molecule has 4 rings (SSSR count). The Kier molecular flexibility index (Phi) is 4.36. The van der Waals surface area contributed by atoms with Crippen LogP contribution in [-0.2, 0) is 0 Å². The highest BCUT2D eigenvalue weighted by atomic mass is 16.5. The fourth-order valence-corrected chi connectivity index (χ4v) is 2.57. The Morgan fingerprint density at radius 1 is 1.22 bits per heavy atom. The fourth-order valence-electron chi connectivity index (χ4n) is 2.57. The van der Waals surface area contributed by atoms with Crippen LogP contribution >= 0.6 is 0 Å². The molecule has 0 aliphatic carbocycles. The van der Waals surface area contributed by atoms with Crippen LogP contribution in [-0.4, -0.2) is 37.7 Å². The number of aromatic nitrogens is 5. The van der Waals surface area contributed by atoms with E-state index in [-0.39, 0.29) is 5.91 Å². The number of carbonyl (C=O) groups excluding carboxylic acids is 1. The molecule has 0 radical (unpaired) electrons. The number of rotatable bonds is 5. The van der Waals surface area contributed by atoms with E-state index >= 15 is 0 Å². The van der Waals surface area contributed by atoms with Crippen molar-refractivity contribution in [2.45, 2.75) is 0 Å². The highest BCUT2D eigenvalue weighted by molar-refractivity contribution is 6.03. The summed E-state index contributed by atoms with van der Waals surface area (Å²) in [7, 11) is 1.61. The van der Waals surface area contributed by atoms with Crippen molar-refractivity contribution in [2.24, 2.45) is 0 Å². The summed E-state index contributed by atoms with van der Waals surface area (Å²) < 4.78 is 6.99. The van der Waals surface area contributed by atoms with Gasteiger partial charge in [0, 0.05) is 18.0 Å². The topological polar surface area (TPSA) is 97.7 Å². The largest absolute Gasteiger partial charge is 0.497 e. The Morgan fingerprint density at radius 3 is 2.89 bits per heavy atom. The van der Waals surface area contributed by atoms with E-state index in [1.807, 2.05) is 24.3 Å². The molecule has 0 saturated carbocycles. The van der Waals surface area contributed by atoms with E-state index in [0.29, 0.717) is 22.9 Å². The Bertz CT molecular complexity index is 1050. The second-order valence-corrected chi connectivity index (χ2v) is 5.73. The molecular formula is C19H16N6O2. The zero-order valence-electron chi connectivity index (χ0n) is 14.5. The molecule has 0 fully saturated rings. The third kappa shape index (κ3) is 3.54. The van der Waals surface area contributed by atoms with E-state index in [9.17, 15) is 4.79 Å². The quantitative estimate of drug-likeness (QED) is 0.570. The van der Waals surface area contributed by atoms with Crippen LogP contribution < -0.4 is 10.1 Å². The van der Waals surface area contributed by atoms with E-state index in [0.717, 1.165) is 11.3 Å². The van der Waals surface area contributed by atoms with Gasteiger partial charge in [0.2, 0.25) is 0 Å². The van der Waals surface area contributed by atoms with Crippen molar-refractivity contribution in [3.63, 3.8) is 0 Å². The minimum absolute atomic E-state index is 0.297. The van der Waals surface area contributed by atoms with Crippen molar-refractivity contribution in [3.8, 4) is 22.8 Å². The number of anilines is 1. The molecule has 8 nitrogen and oxygen atoms in total. The molecule has 0 spiro atoms. The minimum Gasteiger partial charge on any atom is -0.497 e. The first-order valence-electron chi connectivity index (χ1n) is 8.18. The van der Waals surface area contributed by atoms with Crippen molar-refractivity contribution in [1.82, 2.24) is 24.7 Å². The van der Waals surface area contributed by atoms with Gasteiger partial charge in [0.15, 0.2) is 0 Å². The number of nitrogens with one attached hydrogen (secondary N) is 2. The van der Waals surface area contributed by atoms with Crippen molar-refractivity contribution >= 4 is 11.6 Å². The predicted octanol–water partition coefficient (Wildman–Crippen LogP) is 2.92. The van der Waals surface area contributed by atoms with E-state index < -0.39 is 0 Å². The number of H-pyrrole nitrogens is 1. The lowest BCUT2D eigenvalue weighted by molar-refractivity contribution is 0.102. The fraction of sp³-hybridized carbons (Fsp3) is 0.0526. The second kappa shape index (κ2) is 7.12. The van der Waals surface area contributed by atoms with Gasteiger partial charge in [-0.25, -0.2) is 9.97 Å². The molecule has 3 aromatic heterocycles. The third-order valence-corrected chi connectivity index (χ3v) is 3.96. The molecule has 2 N–H and O–H groups in total. The molecule has 0 aliphatic heterocycles. The van der Waals surface area contributed by atoms with Gasteiger partial charge in [-0.3, -0.25) is 14.5 Å². The van der Waals surface area contributed by atoms with Crippen LogP contribution in [0.1, 0.15) is 10.5 Å². The van der Waals surface area contributed by atoms with E-state index in [1.54, 1.807) is 54.8 Å². The maximum absolute atomic E-state index is 12.4. The lowest BCUT2D eigenvalue weighted by Crippen LogP contribution is -2.12. The highest BCUT2D eigenvalue weighted by Gasteiger charge is 2.12. The Labute approximate surface area is 154 Å². The minimum atomic E-state index is -0.297. The number of aromatic amines is 1. The van der Waals surface area contributed by atoms with Crippen LogP contribution in [0.5, 0.6) is 5.75 Å². The van der Waals surface area contributed by atoms with Gasteiger partial charge in [-0.2, -0.15) is 5.10 Å². The number of imidazole rings is 1. The molecule has 0 saturated heterocycles. The maximum atomic E-state index is 12.4. The number of amides is 1. The van der Waals surface area contributed by atoms with Gasteiger partial charge in [0.25, 0.3) is 5.91 Å². The number of ether oxygens (including phenoxy) is 1.